The fraction of sp³-hybridized carbons (Fsp3) is 0. The summed E-state index contributed by atoms with van der Waals surface area (Å²) in [6.45, 7) is 0. The van der Waals surface area contributed by atoms with E-state index in [0.717, 1.165) is 30.6 Å². The van der Waals surface area contributed by atoms with Crippen molar-refractivity contribution >= 4 is 89.9 Å². The molecule has 0 unspecified atom stereocenters. The summed E-state index contributed by atoms with van der Waals surface area (Å²) in [6, 6.07) is 7.09. The topological polar surface area (TPSA) is 273 Å². The number of amides is 2. The van der Waals surface area contributed by atoms with Crippen LogP contribution in [-0.2, 0) is 20.0 Å². The second kappa shape index (κ2) is 14.0. The Labute approximate surface area is 266 Å². The standard InChI is InChI=1S/C10H5Cl2N5O5S.C10H7Cl2N5O3S/c11-8-5(4-13-10(12)15-8)9(18)16-23(21,22)7-3-1-2-6(14-7)17(19)20;11-8-5(4-14-10(12)16-8)9(18)17-21(19,20)7-3-1-2-6(13)15-7/h1-4H,(H,16,18);1-4H,(H2,13,15)(H,17,18). The lowest BCUT2D eigenvalue weighted by Gasteiger charge is -2.07. The number of nitrogen functional groups attached to an aromatic ring is 1. The number of hydrogen-bond acceptors (Lipinski definition) is 15. The van der Waals surface area contributed by atoms with Gasteiger partial charge >= 0.3 is 15.8 Å². The molecule has 18 nitrogen and oxygen atoms in total. The summed E-state index contributed by atoms with van der Waals surface area (Å²) in [5.41, 5.74) is 4.81. The average molecular weight is 726 g/mol. The Kier molecular flexibility index (Phi) is 10.8. The van der Waals surface area contributed by atoms with E-state index in [1.165, 1.54) is 18.2 Å². The molecule has 4 aromatic heterocycles. The monoisotopic (exact) mass is 724 g/mol. The van der Waals surface area contributed by atoms with Crippen LogP contribution in [0.4, 0.5) is 11.6 Å². The van der Waals surface area contributed by atoms with Crippen LogP contribution in [0.5, 0.6) is 0 Å². The first-order valence-electron chi connectivity index (χ1n) is 10.8. The number of carbonyl (C=O) groups is 2. The van der Waals surface area contributed by atoms with Gasteiger partial charge < -0.3 is 15.8 Å². The van der Waals surface area contributed by atoms with Crippen LogP contribution in [0.2, 0.25) is 20.9 Å². The summed E-state index contributed by atoms with van der Waals surface area (Å²) >= 11 is 22.3. The third-order valence-corrected chi connectivity index (χ3v) is 7.97. The lowest BCUT2D eigenvalue weighted by Crippen LogP contribution is -2.31. The number of sulfonamides is 2. The van der Waals surface area contributed by atoms with Crippen molar-refractivity contribution in [1.29, 1.82) is 0 Å². The predicted octanol–water partition coefficient (Wildman–Crippen LogP) is 2.08. The number of hydrogen-bond donors (Lipinski definition) is 3. The summed E-state index contributed by atoms with van der Waals surface area (Å²) in [6.07, 6.45) is 1.94. The zero-order valence-electron chi connectivity index (χ0n) is 20.9. The minimum absolute atomic E-state index is 0.00168. The van der Waals surface area contributed by atoms with E-state index in [1.54, 1.807) is 9.44 Å². The van der Waals surface area contributed by atoms with E-state index < -0.39 is 52.7 Å². The highest BCUT2D eigenvalue weighted by Gasteiger charge is 2.27. The highest BCUT2D eigenvalue weighted by molar-refractivity contribution is 7.90. The molecule has 4 N–H and O–H groups in total. The highest BCUT2D eigenvalue weighted by Crippen LogP contribution is 2.17. The third kappa shape index (κ3) is 8.84. The van der Waals surface area contributed by atoms with Crippen molar-refractivity contribution in [3.8, 4) is 0 Å². The summed E-state index contributed by atoms with van der Waals surface area (Å²) in [5, 5.41) is 8.48. The number of carbonyl (C=O) groups excluding carboxylic acids is 2. The molecule has 0 saturated carbocycles. The summed E-state index contributed by atoms with van der Waals surface area (Å²) in [4.78, 5) is 54.6. The number of pyridine rings is 2. The van der Waals surface area contributed by atoms with Gasteiger partial charge in [-0.2, -0.15) is 16.8 Å². The van der Waals surface area contributed by atoms with Crippen LogP contribution in [0.3, 0.4) is 0 Å². The van der Waals surface area contributed by atoms with Crippen LogP contribution in [0, 0.1) is 10.1 Å². The van der Waals surface area contributed by atoms with E-state index in [-0.39, 0.29) is 37.8 Å². The van der Waals surface area contributed by atoms with Crippen molar-refractivity contribution in [3.05, 3.63) is 90.9 Å². The first kappa shape index (κ1) is 34.2. The van der Waals surface area contributed by atoms with E-state index in [2.05, 4.69) is 29.9 Å². The van der Waals surface area contributed by atoms with Gasteiger partial charge in [-0.3, -0.25) is 9.59 Å². The number of nitrogens with one attached hydrogen (secondary N) is 2. The second-order valence-corrected chi connectivity index (χ2v) is 12.2. The molecule has 0 spiro atoms. The Hall–Kier alpha value is -4.34. The molecule has 0 fully saturated rings. The normalized spacial score (nSPS) is 11.1. The molecule has 230 valence electrons. The van der Waals surface area contributed by atoms with Gasteiger partial charge in [-0.1, -0.05) is 29.3 Å². The summed E-state index contributed by atoms with van der Waals surface area (Å²) in [5.74, 6) is -2.84. The number of aromatic nitrogens is 6. The molecule has 0 radical (unpaired) electrons. The van der Waals surface area contributed by atoms with Gasteiger partial charge in [0.15, 0.2) is 5.03 Å². The number of nitro groups is 1. The average Bonchev–Trinajstić information content (AvgIpc) is 2.93. The number of rotatable bonds is 7. The van der Waals surface area contributed by atoms with Gasteiger partial charge in [0.25, 0.3) is 26.9 Å². The van der Waals surface area contributed by atoms with Gasteiger partial charge in [0.2, 0.25) is 10.6 Å². The van der Waals surface area contributed by atoms with Crippen molar-refractivity contribution in [1.82, 2.24) is 39.3 Å². The maximum atomic E-state index is 12.0. The molecule has 4 aromatic rings. The van der Waals surface area contributed by atoms with Crippen molar-refractivity contribution < 1.29 is 31.3 Å². The van der Waals surface area contributed by atoms with E-state index in [9.17, 15) is 36.5 Å². The lowest BCUT2D eigenvalue weighted by molar-refractivity contribution is -0.390. The fourth-order valence-corrected chi connectivity index (χ4v) is 5.34. The lowest BCUT2D eigenvalue weighted by atomic mass is 10.3. The molecule has 0 aliphatic carbocycles. The van der Waals surface area contributed by atoms with Crippen LogP contribution < -0.4 is 15.2 Å². The molecule has 0 aromatic carbocycles. The molecule has 4 heterocycles. The van der Waals surface area contributed by atoms with Crippen LogP contribution in [0.15, 0.2) is 58.8 Å². The maximum Gasteiger partial charge on any atom is 0.364 e. The molecule has 2 amide bonds. The predicted molar refractivity (Wildman–Crippen MR) is 153 cm³/mol. The van der Waals surface area contributed by atoms with Crippen LogP contribution in [0.25, 0.3) is 0 Å². The number of halogens is 4. The zero-order chi connectivity index (χ0) is 32.8. The number of nitrogens with two attached hydrogens (primary N) is 1. The van der Waals surface area contributed by atoms with Crippen molar-refractivity contribution in [3.63, 3.8) is 0 Å². The summed E-state index contributed by atoms with van der Waals surface area (Å²) < 4.78 is 51.5. The fourth-order valence-electron chi connectivity index (χ4n) is 2.68. The van der Waals surface area contributed by atoms with E-state index in [4.69, 9.17) is 52.1 Å². The molecular weight excluding hydrogens is 714 g/mol. The van der Waals surface area contributed by atoms with Gasteiger partial charge in [-0.05, 0) is 51.3 Å². The molecule has 24 heteroatoms. The molecule has 0 aliphatic heterocycles. The maximum absolute atomic E-state index is 12.0. The van der Waals surface area contributed by atoms with Gasteiger partial charge in [0.1, 0.15) is 16.1 Å². The summed E-state index contributed by atoms with van der Waals surface area (Å²) in [7, 11) is -8.65. The first-order chi connectivity index (χ1) is 20.5. The Morgan fingerprint density at radius 3 is 1.57 bits per heavy atom. The van der Waals surface area contributed by atoms with E-state index >= 15 is 0 Å². The zero-order valence-corrected chi connectivity index (χ0v) is 25.6. The van der Waals surface area contributed by atoms with Crippen molar-refractivity contribution in [2.45, 2.75) is 10.1 Å². The molecule has 0 saturated heterocycles. The Bertz CT molecular complexity index is 2000. The van der Waals surface area contributed by atoms with Crippen molar-refractivity contribution in [2.75, 3.05) is 5.73 Å². The molecule has 44 heavy (non-hydrogen) atoms. The van der Waals surface area contributed by atoms with E-state index in [0.29, 0.717) is 0 Å². The minimum Gasteiger partial charge on any atom is -0.384 e. The Morgan fingerprint density at radius 1 is 0.727 bits per heavy atom. The van der Waals surface area contributed by atoms with Gasteiger partial charge in [-0.15, -0.1) is 0 Å². The smallest absolute Gasteiger partial charge is 0.364 e. The largest absolute Gasteiger partial charge is 0.384 e. The SMILES string of the molecule is Nc1cccc(S(=O)(=O)NC(=O)c2cnc(Cl)nc2Cl)n1.O=C(NS(=O)(=O)c1cccc([N+](=O)[O-])n1)c1cnc(Cl)nc1Cl. The molecular formula is C20H12Cl4N10O8S2. The van der Waals surface area contributed by atoms with Gasteiger partial charge in [0, 0.05) is 24.5 Å². The molecule has 0 aliphatic rings. The first-order valence-corrected chi connectivity index (χ1v) is 15.3. The van der Waals surface area contributed by atoms with Crippen LogP contribution >= 0.6 is 46.4 Å². The molecule has 0 atom stereocenters. The number of nitrogens with zero attached hydrogens (tertiary/aromatic N) is 7. The quantitative estimate of drug-likeness (QED) is 0.106. The minimum atomic E-state index is -4.45. The van der Waals surface area contributed by atoms with Crippen LogP contribution in [-0.4, -0.2) is 63.5 Å². The number of anilines is 1. The van der Waals surface area contributed by atoms with Crippen molar-refractivity contribution in [2.24, 2.45) is 0 Å². The van der Waals surface area contributed by atoms with Gasteiger partial charge in [-0.25, -0.2) is 34.4 Å². The molecule has 4 rings (SSSR count). The van der Waals surface area contributed by atoms with Crippen LogP contribution in [0.1, 0.15) is 20.7 Å². The second-order valence-electron chi connectivity index (χ2n) is 7.55. The molecule has 0 bridgehead atoms. The highest BCUT2D eigenvalue weighted by atomic mass is 35.5. The Morgan fingerprint density at radius 2 is 1.16 bits per heavy atom. The Balaban J connectivity index is 0.000000241. The van der Waals surface area contributed by atoms with Gasteiger partial charge in [0.05, 0.1) is 11.1 Å². The third-order valence-electron chi connectivity index (χ3n) is 4.56. The van der Waals surface area contributed by atoms with E-state index in [1.807, 2.05) is 0 Å².